The maximum atomic E-state index is 9.25. The molecule has 0 saturated heterocycles. The van der Waals surface area contributed by atoms with Crippen LogP contribution in [0.15, 0.2) is 6.07 Å². The lowest BCUT2D eigenvalue weighted by Crippen LogP contribution is -2.39. The Kier molecular flexibility index (Phi) is 4.36. The number of aliphatic hydroxyl groups is 1. The van der Waals surface area contributed by atoms with Crippen LogP contribution < -0.4 is 10.6 Å². The standard InChI is InChI=1S/C13H22N4O/c1-10-9-12(16-13(14)15-10)17(7-8-18)11-5-3-2-4-6-11/h9,11,18H,2-8H2,1H3,(H2,14,15,16). The minimum absolute atomic E-state index is 0.138. The van der Waals surface area contributed by atoms with Crippen molar-refractivity contribution in [3.8, 4) is 0 Å². The highest BCUT2D eigenvalue weighted by Gasteiger charge is 2.22. The first-order valence-corrected chi connectivity index (χ1v) is 6.69. The molecule has 1 aliphatic carbocycles. The Morgan fingerprint density at radius 2 is 2.06 bits per heavy atom. The summed E-state index contributed by atoms with van der Waals surface area (Å²) in [7, 11) is 0. The fourth-order valence-electron chi connectivity index (χ4n) is 2.71. The summed E-state index contributed by atoms with van der Waals surface area (Å²) in [6, 6.07) is 2.42. The first kappa shape index (κ1) is 13.1. The van der Waals surface area contributed by atoms with Crippen LogP contribution in [0.2, 0.25) is 0 Å². The van der Waals surface area contributed by atoms with E-state index in [0.717, 1.165) is 11.5 Å². The van der Waals surface area contributed by atoms with Crippen molar-refractivity contribution in [1.29, 1.82) is 0 Å². The van der Waals surface area contributed by atoms with E-state index in [4.69, 9.17) is 5.73 Å². The molecule has 0 spiro atoms. The monoisotopic (exact) mass is 250 g/mol. The molecule has 1 saturated carbocycles. The summed E-state index contributed by atoms with van der Waals surface area (Å²) in [4.78, 5) is 10.6. The van der Waals surface area contributed by atoms with Gasteiger partial charge in [0.2, 0.25) is 5.95 Å². The molecule has 1 aromatic rings. The van der Waals surface area contributed by atoms with Crippen LogP contribution in [0, 0.1) is 6.92 Å². The number of nitrogens with two attached hydrogens (primary N) is 1. The number of anilines is 2. The van der Waals surface area contributed by atoms with Gasteiger partial charge in [-0.2, -0.15) is 4.98 Å². The second-order valence-electron chi connectivity index (χ2n) is 4.93. The average Bonchev–Trinajstić information content (AvgIpc) is 2.36. The highest BCUT2D eigenvalue weighted by molar-refractivity contribution is 5.44. The van der Waals surface area contributed by atoms with Crippen molar-refractivity contribution in [1.82, 2.24) is 9.97 Å². The molecule has 18 heavy (non-hydrogen) atoms. The SMILES string of the molecule is Cc1cc(N(CCO)C2CCCCC2)nc(N)n1. The molecule has 0 atom stereocenters. The quantitative estimate of drug-likeness (QED) is 0.847. The van der Waals surface area contributed by atoms with E-state index in [1.54, 1.807) is 0 Å². The molecule has 5 nitrogen and oxygen atoms in total. The van der Waals surface area contributed by atoms with E-state index in [-0.39, 0.29) is 6.61 Å². The van der Waals surface area contributed by atoms with Crippen molar-refractivity contribution in [3.05, 3.63) is 11.8 Å². The van der Waals surface area contributed by atoms with Crippen molar-refractivity contribution >= 4 is 11.8 Å². The number of hydrogen-bond acceptors (Lipinski definition) is 5. The molecule has 0 radical (unpaired) electrons. The second kappa shape index (κ2) is 6.00. The van der Waals surface area contributed by atoms with Crippen LogP contribution in [-0.2, 0) is 0 Å². The molecule has 1 aliphatic rings. The molecule has 5 heteroatoms. The van der Waals surface area contributed by atoms with E-state index < -0.39 is 0 Å². The van der Waals surface area contributed by atoms with E-state index in [0.29, 0.717) is 18.5 Å². The van der Waals surface area contributed by atoms with Crippen molar-refractivity contribution in [2.45, 2.75) is 45.1 Å². The fraction of sp³-hybridized carbons (Fsp3) is 0.692. The van der Waals surface area contributed by atoms with Crippen LogP contribution in [0.1, 0.15) is 37.8 Å². The molecule has 3 N–H and O–H groups in total. The Bertz CT molecular complexity index is 370. The lowest BCUT2D eigenvalue weighted by atomic mass is 9.94. The number of aromatic nitrogens is 2. The fourth-order valence-corrected chi connectivity index (χ4v) is 2.71. The topological polar surface area (TPSA) is 75.3 Å². The number of hydrogen-bond donors (Lipinski definition) is 2. The van der Waals surface area contributed by atoms with Gasteiger partial charge < -0.3 is 15.7 Å². The van der Waals surface area contributed by atoms with Crippen LogP contribution in [0.25, 0.3) is 0 Å². The Morgan fingerprint density at radius 3 is 2.67 bits per heavy atom. The second-order valence-corrected chi connectivity index (χ2v) is 4.93. The van der Waals surface area contributed by atoms with Crippen LogP contribution >= 0.6 is 0 Å². The lowest BCUT2D eigenvalue weighted by Gasteiger charge is -2.35. The first-order valence-electron chi connectivity index (χ1n) is 6.69. The molecule has 0 amide bonds. The van der Waals surface area contributed by atoms with Gasteiger partial charge in [0.1, 0.15) is 5.82 Å². The van der Waals surface area contributed by atoms with Gasteiger partial charge in [-0.05, 0) is 19.8 Å². The molecule has 0 unspecified atom stereocenters. The maximum Gasteiger partial charge on any atom is 0.222 e. The number of nitrogens with zero attached hydrogens (tertiary/aromatic N) is 3. The average molecular weight is 250 g/mol. The Hall–Kier alpha value is -1.36. The zero-order valence-corrected chi connectivity index (χ0v) is 11.0. The van der Waals surface area contributed by atoms with Gasteiger partial charge in [0.05, 0.1) is 6.61 Å². The molecule has 0 bridgehead atoms. The predicted octanol–water partition coefficient (Wildman–Crippen LogP) is 1.50. The zero-order valence-electron chi connectivity index (χ0n) is 11.0. The predicted molar refractivity (Wildman–Crippen MR) is 72.5 cm³/mol. The Balaban J connectivity index is 2.22. The molecule has 100 valence electrons. The first-order chi connectivity index (χ1) is 8.70. The largest absolute Gasteiger partial charge is 0.395 e. The lowest BCUT2D eigenvalue weighted by molar-refractivity contribution is 0.289. The number of rotatable bonds is 4. The van der Waals surface area contributed by atoms with Crippen molar-refractivity contribution < 1.29 is 5.11 Å². The van der Waals surface area contributed by atoms with Gasteiger partial charge in [0.25, 0.3) is 0 Å². The van der Waals surface area contributed by atoms with Crippen LogP contribution in [0.5, 0.6) is 0 Å². The van der Waals surface area contributed by atoms with E-state index in [9.17, 15) is 5.11 Å². The zero-order chi connectivity index (χ0) is 13.0. The van der Waals surface area contributed by atoms with Crippen molar-refractivity contribution in [2.75, 3.05) is 23.8 Å². The van der Waals surface area contributed by atoms with Crippen molar-refractivity contribution in [3.63, 3.8) is 0 Å². The summed E-state index contributed by atoms with van der Waals surface area (Å²) in [6.45, 7) is 2.67. The third kappa shape index (κ3) is 3.10. The summed E-state index contributed by atoms with van der Waals surface area (Å²) in [5.74, 6) is 1.16. The maximum absolute atomic E-state index is 9.25. The minimum atomic E-state index is 0.138. The van der Waals surface area contributed by atoms with E-state index in [1.165, 1.54) is 32.1 Å². The van der Waals surface area contributed by atoms with Crippen molar-refractivity contribution in [2.24, 2.45) is 0 Å². The molecule has 0 aliphatic heterocycles. The van der Waals surface area contributed by atoms with E-state index >= 15 is 0 Å². The molecular formula is C13H22N4O. The summed E-state index contributed by atoms with van der Waals surface area (Å²) < 4.78 is 0. The van der Waals surface area contributed by atoms with E-state index in [2.05, 4.69) is 14.9 Å². The van der Waals surface area contributed by atoms with Gasteiger partial charge >= 0.3 is 0 Å². The van der Waals surface area contributed by atoms with Crippen LogP contribution in [-0.4, -0.2) is 34.3 Å². The van der Waals surface area contributed by atoms with Gasteiger partial charge in [0, 0.05) is 24.3 Å². The molecular weight excluding hydrogens is 228 g/mol. The van der Waals surface area contributed by atoms with Gasteiger partial charge in [-0.25, -0.2) is 4.98 Å². The Labute approximate surface area is 108 Å². The number of aryl methyl sites for hydroxylation is 1. The summed E-state index contributed by atoms with van der Waals surface area (Å²) in [5.41, 5.74) is 6.58. The van der Waals surface area contributed by atoms with Gasteiger partial charge in [-0.15, -0.1) is 0 Å². The highest BCUT2D eigenvalue weighted by atomic mass is 16.3. The Morgan fingerprint density at radius 1 is 1.33 bits per heavy atom. The number of nitrogen functional groups attached to an aromatic ring is 1. The summed E-state index contributed by atoms with van der Waals surface area (Å²) in [5, 5.41) is 9.25. The molecule has 0 aromatic carbocycles. The van der Waals surface area contributed by atoms with E-state index in [1.807, 2.05) is 13.0 Å². The van der Waals surface area contributed by atoms with Gasteiger partial charge in [0.15, 0.2) is 0 Å². The summed E-state index contributed by atoms with van der Waals surface area (Å²) >= 11 is 0. The smallest absolute Gasteiger partial charge is 0.222 e. The molecule has 1 aromatic heterocycles. The molecule has 1 heterocycles. The normalized spacial score (nSPS) is 16.8. The highest BCUT2D eigenvalue weighted by Crippen LogP contribution is 2.26. The minimum Gasteiger partial charge on any atom is -0.395 e. The van der Waals surface area contributed by atoms with Gasteiger partial charge in [-0.3, -0.25) is 0 Å². The summed E-state index contributed by atoms with van der Waals surface area (Å²) in [6.07, 6.45) is 6.17. The number of aliphatic hydroxyl groups excluding tert-OH is 1. The molecule has 2 rings (SSSR count). The van der Waals surface area contributed by atoms with Crippen LogP contribution in [0.4, 0.5) is 11.8 Å². The van der Waals surface area contributed by atoms with Gasteiger partial charge in [-0.1, -0.05) is 19.3 Å². The molecule has 1 fully saturated rings. The third-order valence-electron chi connectivity index (χ3n) is 3.51. The van der Waals surface area contributed by atoms with Crippen LogP contribution in [0.3, 0.4) is 0 Å². The third-order valence-corrected chi connectivity index (χ3v) is 3.51.